The van der Waals surface area contributed by atoms with Crippen molar-refractivity contribution in [1.82, 2.24) is 15.0 Å². The van der Waals surface area contributed by atoms with E-state index in [-0.39, 0.29) is 35.4 Å². The molecule has 3 aromatic rings. The molecule has 0 radical (unpaired) electrons. The zero-order valence-electron chi connectivity index (χ0n) is 12.7. The Morgan fingerprint density at radius 2 is 1.87 bits per heavy atom. The molecule has 3 nitrogen and oxygen atoms in total. The lowest BCUT2D eigenvalue weighted by Gasteiger charge is -2.09. The van der Waals surface area contributed by atoms with Gasteiger partial charge in [0.1, 0.15) is 16.2 Å². The SMILES string of the molecule is Cc1nc2cc(F)c(-c3ccc(P(C)C)nc3)nc2c(Cl)c1F. The zero-order valence-corrected chi connectivity index (χ0v) is 14.4. The summed E-state index contributed by atoms with van der Waals surface area (Å²) in [6, 6.07) is 4.83. The van der Waals surface area contributed by atoms with Crippen molar-refractivity contribution in [3.05, 3.63) is 46.7 Å². The Morgan fingerprint density at radius 3 is 2.48 bits per heavy atom. The third kappa shape index (κ3) is 2.91. The van der Waals surface area contributed by atoms with Gasteiger partial charge in [-0.1, -0.05) is 19.5 Å². The smallest absolute Gasteiger partial charge is 0.165 e. The molecule has 0 amide bonds. The third-order valence-electron chi connectivity index (χ3n) is 3.44. The lowest BCUT2D eigenvalue weighted by atomic mass is 10.1. The van der Waals surface area contributed by atoms with Crippen molar-refractivity contribution in [2.24, 2.45) is 0 Å². The Morgan fingerprint density at radius 1 is 1.13 bits per heavy atom. The van der Waals surface area contributed by atoms with Gasteiger partial charge in [0.2, 0.25) is 0 Å². The summed E-state index contributed by atoms with van der Waals surface area (Å²) in [5, 5.41) is -0.149. The molecule has 0 spiro atoms. The van der Waals surface area contributed by atoms with Crippen LogP contribution in [-0.4, -0.2) is 28.3 Å². The van der Waals surface area contributed by atoms with Crippen molar-refractivity contribution in [1.29, 1.82) is 0 Å². The van der Waals surface area contributed by atoms with Crippen molar-refractivity contribution in [3.8, 4) is 11.3 Å². The molecule has 3 rings (SSSR count). The van der Waals surface area contributed by atoms with E-state index in [1.54, 1.807) is 12.3 Å². The Kier molecular flexibility index (Phi) is 4.26. The van der Waals surface area contributed by atoms with Gasteiger partial charge in [0.05, 0.1) is 16.6 Å². The Bertz CT molecular complexity index is 898. The first kappa shape index (κ1) is 16.2. The molecule has 23 heavy (non-hydrogen) atoms. The quantitative estimate of drug-likeness (QED) is 0.646. The fourth-order valence-electron chi connectivity index (χ4n) is 2.21. The molecule has 0 bridgehead atoms. The van der Waals surface area contributed by atoms with Crippen molar-refractivity contribution in [2.75, 3.05) is 13.3 Å². The fourth-order valence-corrected chi connectivity index (χ4v) is 3.15. The second-order valence-corrected chi connectivity index (χ2v) is 7.94. The van der Waals surface area contributed by atoms with Crippen LogP contribution < -0.4 is 5.44 Å². The van der Waals surface area contributed by atoms with Gasteiger partial charge in [-0.15, -0.1) is 0 Å². The molecule has 0 saturated carbocycles. The second kappa shape index (κ2) is 6.06. The maximum absolute atomic E-state index is 14.4. The van der Waals surface area contributed by atoms with Crippen LogP contribution in [-0.2, 0) is 0 Å². The maximum atomic E-state index is 14.4. The van der Waals surface area contributed by atoms with E-state index in [9.17, 15) is 8.78 Å². The van der Waals surface area contributed by atoms with Gasteiger partial charge in [0.15, 0.2) is 11.6 Å². The van der Waals surface area contributed by atoms with E-state index in [1.165, 1.54) is 13.0 Å². The number of aryl methyl sites for hydroxylation is 1. The zero-order chi connectivity index (χ0) is 16.7. The van der Waals surface area contributed by atoms with Gasteiger partial charge in [-0.25, -0.2) is 18.7 Å². The van der Waals surface area contributed by atoms with Crippen LogP contribution in [0.5, 0.6) is 0 Å². The van der Waals surface area contributed by atoms with Crippen molar-refractivity contribution in [2.45, 2.75) is 6.92 Å². The molecule has 0 unspecified atom stereocenters. The number of hydrogen-bond acceptors (Lipinski definition) is 3. The largest absolute Gasteiger partial charge is 0.256 e. The van der Waals surface area contributed by atoms with Crippen LogP contribution in [0.25, 0.3) is 22.3 Å². The van der Waals surface area contributed by atoms with Gasteiger partial charge >= 0.3 is 0 Å². The normalized spacial score (nSPS) is 11.4. The number of halogens is 3. The minimum Gasteiger partial charge on any atom is -0.256 e. The van der Waals surface area contributed by atoms with Gasteiger partial charge in [-0.3, -0.25) is 4.98 Å². The Hall–Kier alpha value is -1.71. The van der Waals surface area contributed by atoms with E-state index < -0.39 is 11.6 Å². The lowest BCUT2D eigenvalue weighted by molar-refractivity contribution is 0.610. The highest BCUT2D eigenvalue weighted by atomic mass is 35.5. The maximum Gasteiger partial charge on any atom is 0.165 e. The van der Waals surface area contributed by atoms with E-state index >= 15 is 0 Å². The molecule has 0 aliphatic heterocycles. The van der Waals surface area contributed by atoms with Gasteiger partial charge < -0.3 is 0 Å². The summed E-state index contributed by atoms with van der Waals surface area (Å²) < 4.78 is 28.3. The predicted octanol–water partition coefficient (Wildman–Crippen LogP) is 4.30. The minimum atomic E-state index is -0.639. The fraction of sp³-hybridized carbons (Fsp3) is 0.188. The van der Waals surface area contributed by atoms with Crippen molar-refractivity contribution < 1.29 is 8.78 Å². The van der Waals surface area contributed by atoms with Crippen molar-refractivity contribution in [3.63, 3.8) is 0 Å². The molecule has 0 aromatic carbocycles. The van der Waals surface area contributed by atoms with E-state index in [0.717, 1.165) is 5.44 Å². The highest BCUT2D eigenvalue weighted by Crippen LogP contribution is 2.30. The molecule has 3 heterocycles. The van der Waals surface area contributed by atoms with E-state index in [0.29, 0.717) is 5.56 Å². The van der Waals surface area contributed by atoms with Gasteiger partial charge in [-0.2, -0.15) is 0 Å². The molecule has 0 aliphatic rings. The van der Waals surface area contributed by atoms with Crippen LogP contribution >= 0.6 is 19.5 Å². The summed E-state index contributed by atoms with van der Waals surface area (Å²) in [6.07, 6.45) is 1.57. The summed E-state index contributed by atoms with van der Waals surface area (Å²) in [5.74, 6) is -1.18. The number of hydrogen-bond donors (Lipinski definition) is 0. The predicted molar refractivity (Wildman–Crippen MR) is 90.8 cm³/mol. The molecule has 0 atom stereocenters. The van der Waals surface area contributed by atoms with Gasteiger partial charge in [0, 0.05) is 17.8 Å². The topological polar surface area (TPSA) is 38.7 Å². The number of fused-ring (bicyclic) bond motifs is 1. The number of aromatic nitrogens is 3. The molecule has 118 valence electrons. The number of nitrogens with zero attached hydrogens (tertiary/aromatic N) is 3. The molecule has 0 fully saturated rings. The monoisotopic (exact) mass is 351 g/mol. The number of pyridine rings is 3. The highest BCUT2D eigenvalue weighted by Gasteiger charge is 2.16. The average Bonchev–Trinajstić information content (AvgIpc) is 2.52. The first-order chi connectivity index (χ1) is 10.9. The van der Waals surface area contributed by atoms with Crippen LogP contribution in [0.4, 0.5) is 8.78 Å². The molecule has 0 N–H and O–H groups in total. The summed E-state index contributed by atoms with van der Waals surface area (Å²) in [7, 11) is -0.332. The minimum absolute atomic E-state index is 0.0834. The summed E-state index contributed by atoms with van der Waals surface area (Å²) in [4.78, 5) is 12.5. The summed E-state index contributed by atoms with van der Waals surface area (Å²) in [6.45, 7) is 5.65. The molecule has 3 aromatic heterocycles. The van der Waals surface area contributed by atoms with Gasteiger partial charge in [-0.05, 0) is 32.4 Å². The molecule has 7 heteroatoms. The lowest BCUT2D eigenvalue weighted by Crippen LogP contribution is -2.04. The first-order valence-electron chi connectivity index (χ1n) is 6.84. The van der Waals surface area contributed by atoms with E-state index in [4.69, 9.17) is 11.6 Å². The van der Waals surface area contributed by atoms with Crippen LogP contribution in [0, 0.1) is 18.6 Å². The molecular formula is C16H13ClF2N3P. The average molecular weight is 352 g/mol. The van der Waals surface area contributed by atoms with E-state index in [2.05, 4.69) is 28.3 Å². The molecular weight excluding hydrogens is 339 g/mol. The summed E-state index contributed by atoms with van der Waals surface area (Å²) >= 11 is 6.00. The van der Waals surface area contributed by atoms with Crippen molar-refractivity contribution >= 4 is 36.0 Å². The summed E-state index contributed by atoms with van der Waals surface area (Å²) in [5.41, 5.74) is 2.05. The van der Waals surface area contributed by atoms with Gasteiger partial charge in [0.25, 0.3) is 0 Å². The Balaban J connectivity index is 2.19. The highest BCUT2D eigenvalue weighted by molar-refractivity contribution is 7.63. The van der Waals surface area contributed by atoms with E-state index in [1.807, 2.05) is 6.07 Å². The van der Waals surface area contributed by atoms with Crippen LogP contribution in [0.3, 0.4) is 0 Å². The Labute approximate surface area is 138 Å². The third-order valence-corrected chi connectivity index (χ3v) is 4.97. The molecule has 0 aliphatic carbocycles. The standard InChI is InChI=1S/C16H13ClF2N3P/c1-8-14(19)13(17)16-11(21-8)6-10(18)15(22-16)9-4-5-12(20-7-9)23(2)3/h4-7H,1-3H3. The van der Waals surface area contributed by atoms with Crippen LogP contribution in [0.15, 0.2) is 24.4 Å². The van der Waals surface area contributed by atoms with Crippen LogP contribution in [0.1, 0.15) is 5.69 Å². The first-order valence-corrected chi connectivity index (χ1v) is 9.45. The number of rotatable bonds is 2. The van der Waals surface area contributed by atoms with Crippen LogP contribution in [0.2, 0.25) is 5.02 Å². The molecule has 0 saturated heterocycles. The second-order valence-electron chi connectivity index (χ2n) is 5.31.